The van der Waals surface area contributed by atoms with Crippen molar-refractivity contribution < 1.29 is 26.4 Å². The van der Waals surface area contributed by atoms with Gasteiger partial charge in [0, 0.05) is 0 Å². The minimum absolute atomic E-state index is 0.00859. The number of aromatic hydroxyl groups is 1. The third-order valence-corrected chi connectivity index (χ3v) is 21.4. The second-order valence-electron chi connectivity index (χ2n) is 22.1. The fraction of sp³-hybridized carbons (Fsp3) is 0.417. The van der Waals surface area contributed by atoms with Gasteiger partial charge in [-0.25, -0.2) is 0 Å². The predicted octanol–water partition coefficient (Wildman–Crippen LogP) is 17.2. The normalized spacial score (nSPS) is 16.2. The van der Waals surface area contributed by atoms with Gasteiger partial charge in [0.05, 0.1) is 0 Å². The molecule has 0 aliphatic heterocycles. The second kappa shape index (κ2) is 18.7. The van der Waals surface area contributed by atoms with Crippen molar-refractivity contribution in [1.29, 1.82) is 0 Å². The molecule has 0 spiro atoms. The number of phenols is 1. The summed E-state index contributed by atoms with van der Waals surface area (Å²) in [5.74, 6) is 0.399. The molecule has 0 heterocycles. The summed E-state index contributed by atoms with van der Waals surface area (Å²) in [5, 5.41) is 9.84. The first kappa shape index (κ1) is 47.6. The fourth-order valence-electron chi connectivity index (χ4n) is 9.63. The molecule has 0 saturated heterocycles. The van der Waals surface area contributed by atoms with Crippen LogP contribution in [-0.2, 0) is 42.9 Å². The van der Waals surface area contributed by atoms with Crippen molar-refractivity contribution >= 4 is 15.9 Å². The molecular weight excluding hydrogens is 828 g/mol. The first-order chi connectivity index (χ1) is 29.1. The molecule has 0 radical (unpaired) electrons. The molecule has 1 nitrogen and oxygen atoms in total. The van der Waals surface area contributed by atoms with E-state index in [1.54, 1.807) is 28.3 Å². The molecule has 2 aliphatic carbocycles. The van der Waals surface area contributed by atoms with Crippen LogP contribution in [0.4, 0.5) is 0 Å². The summed E-state index contributed by atoms with van der Waals surface area (Å²) in [6.45, 7) is 33.8. The Bertz CT molecular complexity index is 2320. The van der Waals surface area contributed by atoms with Crippen molar-refractivity contribution in [3.05, 3.63) is 159 Å². The maximum absolute atomic E-state index is 9.84. The molecule has 1 N–H and O–H groups in total. The van der Waals surface area contributed by atoms with Gasteiger partial charge in [-0.3, -0.25) is 0 Å². The Morgan fingerprint density at radius 1 is 0.500 bits per heavy atom. The number of hydrogen-bond donors (Lipinski definition) is 1. The van der Waals surface area contributed by atoms with Gasteiger partial charge < -0.3 is 5.11 Å². The van der Waals surface area contributed by atoms with Gasteiger partial charge in [-0.2, -0.15) is 0 Å². The van der Waals surface area contributed by atoms with Crippen LogP contribution in [0.5, 0.6) is 5.75 Å². The Labute approximate surface area is 385 Å². The number of rotatable bonds is 8. The molecular formula is C60H76OZr. The van der Waals surface area contributed by atoms with Crippen LogP contribution in [0, 0.1) is 0 Å². The fourth-order valence-corrected chi connectivity index (χ4v) is 18.3. The molecule has 5 aromatic carbocycles. The van der Waals surface area contributed by atoms with Crippen LogP contribution in [0.2, 0.25) is 0 Å². The summed E-state index contributed by atoms with van der Waals surface area (Å²) in [7, 11) is 0. The zero-order valence-electron chi connectivity index (χ0n) is 41.0. The molecule has 62 heavy (non-hydrogen) atoms. The Balaban J connectivity index is 0.000000362. The number of phenolic OH excluding ortho intramolecular Hbond substituents is 1. The number of benzene rings is 5. The second-order valence-corrected chi connectivity index (χ2v) is 28.8. The minimum atomic E-state index is -2.32. The number of hydrogen-bond acceptors (Lipinski definition) is 1. The van der Waals surface area contributed by atoms with Gasteiger partial charge >= 0.3 is 295 Å². The number of allylic oxidation sites excluding steroid dienone is 2. The Morgan fingerprint density at radius 2 is 0.887 bits per heavy atom. The van der Waals surface area contributed by atoms with E-state index in [4.69, 9.17) is 0 Å². The van der Waals surface area contributed by atoms with Crippen LogP contribution < -0.4 is 0 Å². The third kappa shape index (κ3) is 10.2. The van der Waals surface area contributed by atoms with Gasteiger partial charge in [-0.05, 0) is 28.0 Å². The molecule has 0 aromatic heterocycles. The van der Waals surface area contributed by atoms with Gasteiger partial charge in [0.1, 0.15) is 5.75 Å². The molecule has 0 saturated carbocycles. The van der Waals surface area contributed by atoms with Crippen molar-refractivity contribution in [2.45, 2.75) is 158 Å². The average Bonchev–Trinajstić information content (AvgIpc) is 3.76. The van der Waals surface area contributed by atoms with E-state index in [1.807, 2.05) is 6.07 Å². The van der Waals surface area contributed by atoms with Crippen LogP contribution in [-0.4, -0.2) is 8.82 Å². The summed E-state index contributed by atoms with van der Waals surface area (Å²) in [6, 6.07) is 39.0. The molecule has 7 rings (SSSR count). The summed E-state index contributed by atoms with van der Waals surface area (Å²) < 4.78 is 3.90. The summed E-state index contributed by atoms with van der Waals surface area (Å²) in [5.41, 5.74) is 20.5. The average molecular weight is 904 g/mol. The van der Waals surface area contributed by atoms with Gasteiger partial charge in [0.25, 0.3) is 0 Å². The monoisotopic (exact) mass is 902 g/mol. The van der Waals surface area contributed by atoms with Gasteiger partial charge in [0.15, 0.2) is 0 Å². The topological polar surface area (TPSA) is 20.2 Å². The Hall–Kier alpha value is -3.87. The SMILES string of the molecule is CC(C)(C)c1ccc(O)c(C(C)(C)C)c1.C[CH]=[Zr]([CH]1C(CCC)=Cc2c(-c3ccc(C(C)(C)C)cc3)cccc21)[CH]1C(CCC)=Cc2c(-c3ccc(C(C)(C)C)cc3)cccc21. The molecule has 5 aromatic rings. The Morgan fingerprint density at radius 3 is 1.23 bits per heavy atom. The van der Waals surface area contributed by atoms with Crippen LogP contribution in [0.25, 0.3) is 34.4 Å². The third-order valence-electron chi connectivity index (χ3n) is 13.2. The van der Waals surface area contributed by atoms with E-state index < -0.39 is 21.3 Å². The summed E-state index contributed by atoms with van der Waals surface area (Å²) in [6.07, 6.45) is 10.00. The molecule has 0 bridgehead atoms. The van der Waals surface area contributed by atoms with Crippen LogP contribution in [0.15, 0.2) is 114 Å². The molecule has 0 amide bonds. The molecule has 0 fully saturated rings. The van der Waals surface area contributed by atoms with E-state index in [2.05, 4.69) is 211 Å². The van der Waals surface area contributed by atoms with Crippen molar-refractivity contribution in [3.8, 4) is 28.0 Å². The van der Waals surface area contributed by atoms with Gasteiger partial charge in [-0.15, -0.1) is 0 Å². The zero-order chi connectivity index (χ0) is 45.4. The standard InChI is InChI=1S/2C22H25.C14H22O.C2H4.Zr/c2*1-5-7-16-14-18-8-6-9-20(21(18)15-16)17-10-12-19(13-11-17)22(2,3)4;1-13(2,3)10-7-8-12(15)11(9-10)14(4,5)6;1-2;/h2*6,8-15H,5,7H2,1-4H3;7-9,15H,1-6H3;1H,2H3;. The van der Waals surface area contributed by atoms with Crippen LogP contribution in [0.1, 0.15) is 181 Å². The predicted molar refractivity (Wildman–Crippen MR) is 270 cm³/mol. The molecule has 2 unspecified atom stereocenters. The van der Waals surface area contributed by atoms with Gasteiger partial charge in [0.2, 0.25) is 0 Å². The van der Waals surface area contributed by atoms with Crippen molar-refractivity contribution in [3.63, 3.8) is 0 Å². The van der Waals surface area contributed by atoms with Crippen molar-refractivity contribution in [2.24, 2.45) is 0 Å². The van der Waals surface area contributed by atoms with Crippen LogP contribution >= 0.6 is 0 Å². The molecule has 326 valence electrons. The molecule has 2 heteroatoms. The first-order valence-corrected chi connectivity index (χ1v) is 27.7. The van der Waals surface area contributed by atoms with E-state index in [0.717, 1.165) is 5.56 Å². The summed E-state index contributed by atoms with van der Waals surface area (Å²) >= 11 is -2.32. The summed E-state index contributed by atoms with van der Waals surface area (Å²) in [4.78, 5) is 0. The van der Waals surface area contributed by atoms with Crippen molar-refractivity contribution in [1.82, 2.24) is 0 Å². The number of fused-ring (bicyclic) bond motifs is 2. The first-order valence-electron chi connectivity index (χ1n) is 23.5. The maximum atomic E-state index is 9.84. The van der Waals surface area contributed by atoms with E-state index in [0.29, 0.717) is 13.0 Å². The van der Waals surface area contributed by atoms with E-state index >= 15 is 0 Å². The van der Waals surface area contributed by atoms with E-state index in [-0.39, 0.29) is 21.7 Å². The van der Waals surface area contributed by atoms with Crippen LogP contribution in [0.3, 0.4) is 0 Å². The van der Waals surface area contributed by atoms with E-state index in [9.17, 15) is 5.11 Å². The quantitative estimate of drug-likeness (QED) is 0.164. The zero-order valence-corrected chi connectivity index (χ0v) is 43.4. The Kier molecular flexibility index (Phi) is 14.4. The van der Waals surface area contributed by atoms with Gasteiger partial charge in [-0.1, -0.05) is 53.7 Å². The molecule has 2 aliphatic rings. The molecule has 2 atom stereocenters. The van der Waals surface area contributed by atoms with Crippen molar-refractivity contribution in [2.75, 3.05) is 0 Å². The van der Waals surface area contributed by atoms with E-state index in [1.165, 1.54) is 75.8 Å².